The van der Waals surface area contributed by atoms with Gasteiger partial charge in [0.05, 0.1) is 16.7 Å². The van der Waals surface area contributed by atoms with Crippen LogP contribution in [0.3, 0.4) is 0 Å². The van der Waals surface area contributed by atoms with Gasteiger partial charge in [0.15, 0.2) is 5.03 Å². The van der Waals surface area contributed by atoms with Crippen LogP contribution in [0, 0.1) is 5.92 Å². The molecule has 0 aromatic carbocycles. The summed E-state index contributed by atoms with van der Waals surface area (Å²) < 4.78 is 29.2. The van der Waals surface area contributed by atoms with Crippen LogP contribution in [0.15, 0.2) is 17.3 Å². The van der Waals surface area contributed by atoms with Gasteiger partial charge in [0.2, 0.25) is 0 Å². The van der Waals surface area contributed by atoms with Crippen LogP contribution in [0.1, 0.15) is 39.0 Å². The van der Waals surface area contributed by atoms with Crippen molar-refractivity contribution in [3.8, 4) is 0 Å². The SMILES string of the molecule is CCC1CCC(NS(=O)(=O)c2ccnn2C)(C(N)=S)CC1. The number of nitrogens with two attached hydrogens (primary N) is 1. The fourth-order valence-corrected chi connectivity index (χ4v) is 4.80. The minimum absolute atomic E-state index is 0.121. The first-order valence-electron chi connectivity index (χ1n) is 7.12. The van der Waals surface area contributed by atoms with Gasteiger partial charge >= 0.3 is 0 Å². The zero-order valence-electron chi connectivity index (χ0n) is 12.4. The summed E-state index contributed by atoms with van der Waals surface area (Å²) in [7, 11) is -2.10. The maximum atomic E-state index is 12.6. The Morgan fingerprint density at radius 1 is 1.57 bits per heavy atom. The van der Waals surface area contributed by atoms with E-state index in [-0.39, 0.29) is 10.0 Å². The topological polar surface area (TPSA) is 90.0 Å². The Bertz CT molecular complexity index is 616. The van der Waals surface area contributed by atoms with Crippen molar-refractivity contribution < 1.29 is 8.42 Å². The number of aryl methyl sites for hydroxylation is 1. The third-order valence-corrected chi connectivity index (χ3v) is 6.39. The van der Waals surface area contributed by atoms with Gasteiger partial charge in [0.1, 0.15) is 0 Å². The molecular formula is C13H22N4O2S2. The van der Waals surface area contributed by atoms with E-state index >= 15 is 0 Å². The monoisotopic (exact) mass is 330 g/mol. The first-order chi connectivity index (χ1) is 9.81. The van der Waals surface area contributed by atoms with Gasteiger partial charge in [0.25, 0.3) is 10.0 Å². The van der Waals surface area contributed by atoms with E-state index in [0.717, 1.165) is 19.3 Å². The van der Waals surface area contributed by atoms with Crippen LogP contribution in [0.25, 0.3) is 0 Å². The lowest BCUT2D eigenvalue weighted by atomic mass is 9.76. The molecule has 0 bridgehead atoms. The van der Waals surface area contributed by atoms with E-state index in [1.807, 2.05) is 0 Å². The summed E-state index contributed by atoms with van der Waals surface area (Å²) in [5.74, 6) is 0.619. The van der Waals surface area contributed by atoms with Crippen LogP contribution < -0.4 is 10.5 Å². The molecule has 3 N–H and O–H groups in total. The molecule has 1 aliphatic carbocycles. The minimum Gasteiger partial charge on any atom is -0.392 e. The molecule has 1 aromatic rings. The summed E-state index contributed by atoms with van der Waals surface area (Å²) in [6, 6.07) is 1.47. The molecule has 21 heavy (non-hydrogen) atoms. The van der Waals surface area contributed by atoms with Crippen molar-refractivity contribution in [1.29, 1.82) is 0 Å². The lowest BCUT2D eigenvalue weighted by molar-refractivity contribution is 0.269. The van der Waals surface area contributed by atoms with Crippen LogP contribution in [-0.4, -0.2) is 28.7 Å². The van der Waals surface area contributed by atoms with Crippen LogP contribution in [-0.2, 0) is 17.1 Å². The number of nitrogens with zero attached hydrogens (tertiary/aromatic N) is 2. The molecule has 8 heteroatoms. The zero-order valence-corrected chi connectivity index (χ0v) is 14.0. The van der Waals surface area contributed by atoms with Gasteiger partial charge in [0, 0.05) is 7.05 Å². The summed E-state index contributed by atoms with van der Waals surface area (Å²) in [5, 5.41) is 4.02. The van der Waals surface area contributed by atoms with Crippen molar-refractivity contribution in [1.82, 2.24) is 14.5 Å². The van der Waals surface area contributed by atoms with E-state index in [4.69, 9.17) is 18.0 Å². The minimum atomic E-state index is -3.69. The lowest BCUT2D eigenvalue weighted by Gasteiger charge is -2.39. The van der Waals surface area contributed by atoms with Crippen molar-refractivity contribution in [2.45, 2.75) is 49.6 Å². The molecule has 1 aromatic heterocycles. The molecule has 1 saturated carbocycles. The molecule has 0 saturated heterocycles. The molecular weight excluding hydrogens is 308 g/mol. The number of hydrogen-bond donors (Lipinski definition) is 2. The van der Waals surface area contributed by atoms with E-state index in [1.54, 1.807) is 7.05 Å². The van der Waals surface area contributed by atoms with E-state index < -0.39 is 15.6 Å². The zero-order chi connectivity index (χ0) is 15.7. The third-order valence-electron chi connectivity index (χ3n) is 4.39. The molecule has 1 heterocycles. The second-order valence-corrected chi connectivity index (χ2v) is 7.77. The molecule has 0 atom stereocenters. The molecule has 118 valence electrons. The Kier molecular flexibility index (Phi) is 4.69. The van der Waals surface area contributed by atoms with Crippen LogP contribution >= 0.6 is 12.2 Å². The van der Waals surface area contributed by atoms with Crippen LogP contribution in [0.2, 0.25) is 0 Å². The molecule has 0 unspecified atom stereocenters. The Balaban J connectivity index is 2.26. The number of hydrogen-bond acceptors (Lipinski definition) is 4. The van der Waals surface area contributed by atoms with E-state index in [1.165, 1.54) is 16.9 Å². The van der Waals surface area contributed by atoms with Gasteiger partial charge in [-0.05, 0) is 37.7 Å². The average molecular weight is 330 g/mol. The Morgan fingerprint density at radius 2 is 2.19 bits per heavy atom. The first kappa shape index (κ1) is 16.4. The second-order valence-electron chi connectivity index (χ2n) is 5.70. The normalized spacial score (nSPS) is 26.7. The van der Waals surface area contributed by atoms with E-state index in [0.29, 0.717) is 18.8 Å². The van der Waals surface area contributed by atoms with Gasteiger partial charge in [-0.3, -0.25) is 4.68 Å². The number of sulfonamides is 1. The van der Waals surface area contributed by atoms with Gasteiger partial charge in [-0.1, -0.05) is 25.6 Å². The van der Waals surface area contributed by atoms with Crippen molar-refractivity contribution in [2.75, 3.05) is 0 Å². The molecule has 0 radical (unpaired) electrons. The maximum absolute atomic E-state index is 12.6. The Hall–Kier alpha value is -0.990. The van der Waals surface area contributed by atoms with Gasteiger partial charge in [-0.15, -0.1) is 0 Å². The van der Waals surface area contributed by atoms with Crippen molar-refractivity contribution >= 4 is 27.2 Å². The van der Waals surface area contributed by atoms with Gasteiger partial charge < -0.3 is 5.73 Å². The summed E-state index contributed by atoms with van der Waals surface area (Å²) in [6.45, 7) is 2.15. The Labute approximate surface area is 131 Å². The molecule has 2 rings (SSSR count). The number of thiocarbonyl (C=S) groups is 1. The highest BCUT2D eigenvalue weighted by molar-refractivity contribution is 7.89. The number of nitrogens with one attached hydrogen (secondary N) is 1. The van der Waals surface area contributed by atoms with Crippen LogP contribution in [0.5, 0.6) is 0 Å². The fourth-order valence-electron chi connectivity index (χ4n) is 2.91. The average Bonchev–Trinajstić information content (AvgIpc) is 2.86. The molecule has 0 spiro atoms. The summed E-state index contributed by atoms with van der Waals surface area (Å²) >= 11 is 5.16. The highest BCUT2D eigenvalue weighted by Crippen LogP contribution is 2.35. The molecule has 1 fully saturated rings. The standard InChI is InChI=1S/C13H22N4O2S2/c1-3-10-4-7-13(8-5-10,12(14)20)16-21(18,19)11-6-9-15-17(11)2/h6,9-10,16H,3-5,7-8H2,1-2H3,(H2,14,20). The van der Waals surface area contributed by atoms with Crippen molar-refractivity contribution in [3.05, 3.63) is 12.3 Å². The quantitative estimate of drug-likeness (QED) is 0.795. The first-order valence-corrected chi connectivity index (χ1v) is 9.02. The molecule has 1 aliphatic rings. The maximum Gasteiger partial charge on any atom is 0.258 e. The Morgan fingerprint density at radius 3 is 2.62 bits per heavy atom. The predicted molar refractivity (Wildman–Crippen MR) is 85.3 cm³/mol. The number of aromatic nitrogens is 2. The predicted octanol–water partition coefficient (Wildman–Crippen LogP) is 1.32. The smallest absolute Gasteiger partial charge is 0.258 e. The third kappa shape index (κ3) is 3.27. The summed E-state index contributed by atoms with van der Waals surface area (Å²) in [5.41, 5.74) is 5.05. The highest BCUT2D eigenvalue weighted by Gasteiger charge is 2.41. The summed E-state index contributed by atoms with van der Waals surface area (Å²) in [4.78, 5) is 0.225. The van der Waals surface area contributed by atoms with E-state index in [9.17, 15) is 8.42 Å². The van der Waals surface area contributed by atoms with Crippen molar-refractivity contribution in [2.24, 2.45) is 18.7 Å². The molecule has 6 nitrogen and oxygen atoms in total. The van der Waals surface area contributed by atoms with Crippen LogP contribution in [0.4, 0.5) is 0 Å². The highest BCUT2D eigenvalue weighted by atomic mass is 32.2. The fraction of sp³-hybridized carbons (Fsp3) is 0.692. The van der Waals surface area contributed by atoms with Gasteiger partial charge in [-0.2, -0.15) is 9.82 Å². The molecule has 0 amide bonds. The second kappa shape index (κ2) is 6.02. The lowest BCUT2D eigenvalue weighted by Crippen LogP contribution is -2.58. The molecule has 0 aliphatic heterocycles. The largest absolute Gasteiger partial charge is 0.392 e. The van der Waals surface area contributed by atoms with E-state index in [2.05, 4.69) is 16.7 Å². The number of rotatable bonds is 5. The van der Waals surface area contributed by atoms with Crippen molar-refractivity contribution in [3.63, 3.8) is 0 Å². The summed E-state index contributed by atoms with van der Waals surface area (Å²) in [6.07, 6.45) is 5.72. The van der Waals surface area contributed by atoms with Gasteiger partial charge in [-0.25, -0.2) is 8.42 Å².